The molecule has 4 rings (SSSR count). The summed E-state index contributed by atoms with van der Waals surface area (Å²) in [6, 6.07) is 6.52. The molecular weight excluding hydrogens is 436 g/mol. The summed E-state index contributed by atoms with van der Waals surface area (Å²) in [4.78, 5) is 20.8. The Morgan fingerprint density at radius 2 is 1.91 bits per heavy atom. The molecule has 1 aromatic carbocycles. The van der Waals surface area contributed by atoms with Gasteiger partial charge in [0.15, 0.2) is 15.6 Å². The third kappa shape index (κ3) is 3.62. The number of Topliss-reactive ketones (excluding diaryl/α,β-unsaturated/α-hetero) is 1. The molecule has 0 amide bonds. The molecule has 2 aliphatic rings. The van der Waals surface area contributed by atoms with Crippen molar-refractivity contribution in [2.24, 2.45) is 16.6 Å². The van der Waals surface area contributed by atoms with Crippen molar-refractivity contribution in [3.05, 3.63) is 65.0 Å². The van der Waals surface area contributed by atoms with Crippen LogP contribution in [0.2, 0.25) is 0 Å². The zero-order chi connectivity index (χ0) is 23.3. The predicted molar refractivity (Wildman–Crippen MR) is 117 cm³/mol. The number of aliphatic imine (C=N–C) groups is 1. The maximum absolute atomic E-state index is 14.9. The smallest absolute Gasteiger partial charge is 0.185 e. The molecule has 170 valence electrons. The van der Waals surface area contributed by atoms with Crippen LogP contribution in [0.1, 0.15) is 54.7 Å². The molecule has 0 bridgehead atoms. The summed E-state index contributed by atoms with van der Waals surface area (Å²) in [5, 5.41) is 0. The van der Waals surface area contributed by atoms with Gasteiger partial charge in [-0.05, 0) is 62.4 Å². The first-order chi connectivity index (χ1) is 15.0. The Hall–Kier alpha value is -2.68. The van der Waals surface area contributed by atoms with Gasteiger partial charge in [0.25, 0.3) is 0 Å². The zero-order valence-electron chi connectivity index (χ0n) is 17.9. The molecule has 2 N–H and O–H groups in total. The number of nitrogens with two attached hydrogens (primary N) is 1. The van der Waals surface area contributed by atoms with Crippen molar-refractivity contribution < 1.29 is 22.0 Å². The van der Waals surface area contributed by atoms with E-state index >= 15 is 0 Å². The molecule has 1 fully saturated rings. The number of pyridine rings is 1. The molecule has 0 saturated heterocycles. The molecule has 32 heavy (non-hydrogen) atoms. The fourth-order valence-electron chi connectivity index (χ4n) is 4.56. The van der Waals surface area contributed by atoms with Gasteiger partial charge in [-0.25, -0.2) is 17.2 Å². The number of benzene rings is 1. The second kappa shape index (κ2) is 7.72. The molecule has 1 aliphatic heterocycles. The molecule has 2 aromatic rings. The van der Waals surface area contributed by atoms with Crippen LogP contribution in [-0.2, 0) is 21.8 Å². The molecule has 2 heterocycles. The minimum absolute atomic E-state index is 0.00680. The number of halogens is 2. The van der Waals surface area contributed by atoms with Gasteiger partial charge in [0.05, 0.1) is 11.9 Å². The number of sulfone groups is 1. The summed E-state index contributed by atoms with van der Waals surface area (Å²) in [5.74, 6) is -2.00. The summed E-state index contributed by atoms with van der Waals surface area (Å²) in [6.07, 6.45) is 3.34. The van der Waals surface area contributed by atoms with Gasteiger partial charge in [-0.15, -0.1) is 0 Å². The second-order valence-electron chi connectivity index (χ2n) is 9.04. The fourth-order valence-corrected chi connectivity index (χ4v) is 6.93. The number of carbonyl (C=O) groups excluding carboxylic acids is 1. The van der Waals surface area contributed by atoms with E-state index < -0.39 is 31.8 Å². The largest absolute Gasteiger partial charge is 0.386 e. The van der Waals surface area contributed by atoms with Crippen molar-refractivity contribution in [1.82, 2.24) is 4.98 Å². The highest BCUT2D eigenvalue weighted by molar-refractivity contribution is 7.93. The Morgan fingerprint density at radius 1 is 1.19 bits per heavy atom. The van der Waals surface area contributed by atoms with Gasteiger partial charge in [-0.3, -0.25) is 14.8 Å². The summed E-state index contributed by atoms with van der Waals surface area (Å²) in [5.41, 5.74) is 5.43. The van der Waals surface area contributed by atoms with Crippen molar-refractivity contribution >= 4 is 21.5 Å². The number of hydrogen-bond donors (Lipinski definition) is 1. The molecular formula is C23H25F2N3O3S. The lowest BCUT2D eigenvalue weighted by atomic mass is 9.75. The third-order valence-corrected chi connectivity index (χ3v) is 9.64. The lowest BCUT2D eigenvalue weighted by Gasteiger charge is -2.46. The van der Waals surface area contributed by atoms with Crippen LogP contribution in [0.3, 0.4) is 0 Å². The Morgan fingerprint density at radius 3 is 2.47 bits per heavy atom. The summed E-state index contributed by atoms with van der Waals surface area (Å²) in [7, 11) is -3.72. The number of amidine groups is 1. The minimum Gasteiger partial charge on any atom is -0.386 e. The van der Waals surface area contributed by atoms with Gasteiger partial charge < -0.3 is 5.73 Å². The molecule has 0 radical (unpaired) electrons. The number of nitrogens with zero attached hydrogens (tertiary/aromatic N) is 2. The molecule has 1 aromatic heterocycles. The number of aromatic nitrogens is 1. The van der Waals surface area contributed by atoms with Crippen LogP contribution < -0.4 is 5.73 Å². The van der Waals surface area contributed by atoms with Gasteiger partial charge in [0.2, 0.25) is 0 Å². The van der Waals surface area contributed by atoms with Crippen LogP contribution in [0, 0.1) is 17.6 Å². The SMILES string of the molecule is C[C@@]1(C2CCC2)C(N)=N[C@](C)(c2cc(CC(=O)c3ccc(F)cn3)ccc2F)CS1(=O)=O. The van der Waals surface area contributed by atoms with Gasteiger partial charge in [-0.2, -0.15) is 0 Å². The lowest BCUT2D eigenvalue weighted by molar-refractivity contribution is 0.0988. The number of hydrogen-bond acceptors (Lipinski definition) is 6. The molecule has 1 aliphatic carbocycles. The molecule has 0 spiro atoms. The van der Waals surface area contributed by atoms with Gasteiger partial charge in [0, 0.05) is 12.0 Å². The number of ketones is 1. The third-order valence-electron chi connectivity index (χ3n) is 6.87. The minimum atomic E-state index is -3.72. The fraction of sp³-hybridized carbons (Fsp3) is 0.435. The van der Waals surface area contributed by atoms with E-state index in [9.17, 15) is 22.0 Å². The van der Waals surface area contributed by atoms with Gasteiger partial charge in [-0.1, -0.05) is 12.5 Å². The molecule has 9 heteroatoms. The highest BCUT2D eigenvalue weighted by atomic mass is 32.2. The number of rotatable bonds is 5. The molecule has 0 unspecified atom stereocenters. The van der Waals surface area contributed by atoms with E-state index in [1.165, 1.54) is 24.3 Å². The zero-order valence-corrected chi connectivity index (χ0v) is 18.8. The van der Waals surface area contributed by atoms with E-state index in [2.05, 4.69) is 9.98 Å². The van der Waals surface area contributed by atoms with Crippen molar-refractivity contribution in [3.63, 3.8) is 0 Å². The quantitative estimate of drug-likeness (QED) is 0.688. The average molecular weight is 462 g/mol. The first-order valence-electron chi connectivity index (χ1n) is 10.5. The van der Waals surface area contributed by atoms with Crippen LogP contribution in [0.25, 0.3) is 0 Å². The van der Waals surface area contributed by atoms with E-state index in [1.807, 2.05) is 0 Å². The summed E-state index contributed by atoms with van der Waals surface area (Å²) >= 11 is 0. The first-order valence-corrected chi connectivity index (χ1v) is 12.1. The van der Waals surface area contributed by atoms with Crippen LogP contribution in [0.15, 0.2) is 41.5 Å². The summed E-state index contributed by atoms with van der Waals surface area (Å²) in [6.45, 7) is 3.16. The Labute approximate surface area is 185 Å². The molecule has 1 saturated carbocycles. The molecule has 2 atom stereocenters. The Bertz CT molecular complexity index is 1210. The highest BCUT2D eigenvalue weighted by Gasteiger charge is 2.57. The standard InChI is InChI=1S/C23H25F2N3O3S/c1-22(13-32(30,31)23(2,21(26)28-22)15-4-3-5-15)17-10-14(6-8-18(17)25)11-20(29)19-9-7-16(24)12-27-19/h6-10,12,15H,3-5,11,13H2,1-2H3,(H2,26,28)/t22-,23+/m0/s1. The van der Waals surface area contributed by atoms with Crippen molar-refractivity contribution in [1.29, 1.82) is 0 Å². The van der Waals surface area contributed by atoms with E-state index in [1.54, 1.807) is 13.8 Å². The van der Waals surface area contributed by atoms with Gasteiger partial charge in [0.1, 0.15) is 33.4 Å². The van der Waals surface area contributed by atoms with Crippen LogP contribution in [0.4, 0.5) is 8.78 Å². The number of carbonyl (C=O) groups is 1. The van der Waals surface area contributed by atoms with E-state index in [4.69, 9.17) is 5.73 Å². The highest BCUT2D eigenvalue weighted by Crippen LogP contribution is 2.47. The predicted octanol–water partition coefficient (Wildman–Crippen LogP) is 3.34. The monoisotopic (exact) mass is 461 g/mol. The van der Waals surface area contributed by atoms with E-state index in [0.717, 1.165) is 31.5 Å². The lowest BCUT2D eigenvalue weighted by Crippen LogP contribution is -2.61. The summed E-state index contributed by atoms with van der Waals surface area (Å²) < 4.78 is 53.4. The maximum atomic E-state index is 14.9. The van der Waals surface area contributed by atoms with Crippen molar-refractivity contribution in [2.75, 3.05) is 5.75 Å². The Balaban J connectivity index is 1.69. The first kappa shape index (κ1) is 22.5. The van der Waals surface area contributed by atoms with Crippen LogP contribution in [-0.4, -0.2) is 35.5 Å². The Kier molecular flexibility index (Phi) is 5.43. The molecule has 6 nitrogen and oxygen atoms in total. The second-order valence-corrected chi connectivity index (χ2v) is 11.4. The average Bonchev–Trinajstić information content (AvgIpc) is 2.66. The maximum Gasteiger partial charge on any atom is 0.185 e. The van der Waals surface area contributed by atoms with Crippen molar-refractivity contribution in [3.8, 4) is 0 Å². The topological polar surface area (TPSA) is 102 Å². The van der Waals surface area contributed by atoms with E-state index in [-0.39, 0.29) is 41.0 Å². The van der Waals surface area contributed by atoms with E-state index in [0.29, 0.717) is 5.56 Å². The van der Waals surface area contributed by atoms with Crippen LogP contribution in [0.5, 0.6) is 0 Å². The van der Waals surface area contributed by atoms with Gasteiger partial charge >= 0.3 is 0 Å². The normalized spacial score (nSPS) is 27.4. The van der Waals surface area contributed by atoms with Crippen LogP contribution >= 0.6 is 0 Å². The van der Waals surface area contributed by atoms with Crippen molar-refractivity contribution in [2.45, 2.75) is 49.8 Å².